The molecule has 0 aliphatic heterocycles. The zero-order valence-electron chi connectivity index (χ0n) is 13.6. The van der Waals surface area contributed by atoms with Crippen LogP contribution in [0.4, 0.5) is 30.7 Å². The van der Waals surface area contributed by atoms with Crippen molar-refractivity contribution in [3.05, 3.63) is 0 Å². The predicted molar refractivity (Wildman–Crippen MR) is 77.0 cm³/mol. The first kappa shape index (κ1) is 22.5. The molecular formula is C16H27F7. The van der Waals surface area contributed by atoms with Crippen molar-refractivity contribution in [2.45, 2.75) is 102 Å². The van der Waals surface area contributed by atoms with Gasteiger partial charge in [-0.25, -0.2) is 4.39 Å². The van der Waals surface area contributed by atoms with Gasteiger partial charge in [-0.3, -0.25) is 0 Å². The summed E-state index contributed by atoms with van der Waals surface area (Å²) in [5, 5.41) is 0. The van der Waals surface area contributed by atoms with Crippen molar-refractivity contribution in [2.24, 2.45) is 0 Å². The van der Waals surface area contributed by atoms with Gasteiger partial charge in [0.25, 0.3) is 5.67 Å². The summed E-state index contributed by atoms with van der Waals surface area (Å²) in [6.45, 7) is 2.13. The van der Waals surface area contributed by atoms with Gasteiger partial charge in [0, 0.05) is 0 Å². The zero-order valence-corrected chi connectivity index (χ0v) is 13.6. The SMILES string of the molecule is CCCCCCCCCCCCCC(F)(C(F)(F)F)C(F)(F)F. The van der Waals surface area contributed by atoms with Crippen LogP contribution in [0, 0.1) is 0 Å². The molecule has 0 atom stereocenters. The Bertz CT molecular complexity index is 280. The summed E-state index contributed by atoms with van der Waals surface area (Å²) in [6.07, 6.45) is -4.48. The van der Waals surface area contributed by atoms with Crippen LogP contribution in [0.5, 0.6) is 0 Å². The fraction of sp³-hybridized carbons (Fsp3) is 1.00. The summed E-state index contributed by atoms with van der Waals surface area (Å²) in [5.41, 5.74) is -5.08. The summed E-state index contributed by atoms with van der Waals surface area (Å²) < 4.78 is 87.2. The van der Waals surface area contributed by atoms with Crippen LogP contribution in [0.3, 0.4) is 0 Å². The minimum absolute atomic E-state index is 0.188. The molecule has 0 fully saturated rings. The normalized spacial score (nSPS) is 13.6. The van der Waals surface area contributed by atoms with Gasteiger partial charge < -0.3 is 0 Å². The lowest BCUT2D eigenvalue weighted by atomic mass is 9.96. The molecule has 0 rings (SSSR count). The van der Waals surface area contributed by atoms with E-state index in [0.717, 1.165) is 32.1 Å². The minimum Gasteiger partial charge on any atom is -0.224 e. The quantitative estimate of drug-likeness (QED) is 0.252. The van der Waals surface area contributed by atoms with Crippen LogP contribution in [0.25, 0.3) is 0 Å². The molecule has 0 amide bonds. The Morgan fingerprint density at radius 2 is 0.783 bits per heavy atom. The molecule has 0 radical (unpaired) electrons. The third kappa shape index (κ3) is 8.25. The summed E-state index contributed by atoms with van der Waals surface area (Å²) >= 11 is 0. The van der Waals surface area contributed by atoms with E-state index >= 15 is 0 Å². The number of rotatable bonds is 12. The lowest BCUT2D eigenvalue weighted by molar-refractivity contribution is -0.343. The molecule has 0 unspecified atom stereocenters. The summed E-state index contributed by atoms with van der Waals surface area (Å²) in [7, 11) is 0. The molecule has 0 bridgehead atoms. The topological polar surface area (TPSA) is 0 Å². The molecular weight excluding hydrogens is 325 g/mol. The molecule has 0 aliphatic rings. The maximum atomic E-state index is 13.3. The van der Waals surface area contributed by atoms with E-state index < -0.39 is 30.9 Å². The number of halogens is 7. The van der Waals surface area contributed by atoms with Crippen LogP contribution >= 0.6 is 0 Å². The largest absolute Gasteiger partial charge is 0.431 e. The summed E-state index contributed by atoms with van der Waals surface area (Å²) in [5.74, 6) is 0. The first-order valence-electron chi connectivity index (χ1n) is 8.38. The molecule has 0 N–H and O–H groups in total. The molecule has 0 aromatic carbocycles. The van der Waals surface area contributed by atoms with E-state index in [9.17, 15) is 30.7 Å². The Labute approximate surface area is 133 Å². The van der Waals surface area contributed by atoms with E-state index in [1.807, 2.05) is 0 Å². The second-order valence-corrected chi connectivity index (χ2v) is 6.08. The first-order valence-corrected chi connectivity index (χ1v) is 8.38. The second-order valence-electron chi connectivity index (χ2n) is 6.08. The second kappa shape index (κ2) is 10.4. The highest BCUT2D eigenvalue weighted by molar-refractivity contribution is 4.94. The lowest BCUT2D eigenvalue weighted by Crippen LogP contribution is -2.53. The Kier molecular flexibility index (Phi) is 10.2. The van der Waals surface area contributed by atoms with Crippen LogP contribution in [0.1, 0.15) is 84.0 Å². The van der Waals surface area contributed by atoms with Crippen LogP contribution < -0.4 is 0 Å². The van der Waals surface area contributed by atoms with Crippen molar-refractivity contribution in [3.63, 3.8) is 0 Å². The predicted octanol–water partition coefficient (Wildman–Crippen LogP) is 7.52. The van der Waals surface area contributed by atoms with E-state index in [-0.39, 0.29) is 6.42 Å². The Morgan fingerprint density at radius 3 is 1.09 bits per heavy atom. The third-order valence-corrected chi connectivity index (χ3v) is 4.02. The maximum absolute atomic E-state index is 13.3. The Balaban J connectivity index is 3.81. The molecule has 140 valence electrons. The average Bonchev–Trinajstić information content (AvgIpc) is 2.42. The van der Waals surface area contributed by atoms with Gasteiger partial charge >= 0.3 is 12.4 Å². The highest BCUT2D eigenvalue weighted by Crippen LogP contribution is 2.49. The monoisotopic (exact) mass is 352 g/mol. The number of unbranched alkanes of at least 4 members (excludes halogenated alkanes) is 10. The molecule has 23 heavy (non-hydrogen) atoms. The molecule has 0 aromatic heterocycles. The molecule has 0 heterocycles. The van der Waals surface area contributed by atoms with Crippen molar-refractivity contribution >= 4 is 0 Å². The molecule has 0 aliphatic carbocycles. The van der Waals surface area contributed by atoms with Gasteiger partial charge in [0.05, 0.1) is 0 Å². The van der Waals surface area contributed by atoms with Gasteiger partial charge in [0.15, 0.2) is 0 Å². The van der Waals surface area contributed by atoms with E-state index in [2.05, 4.69) is 6.92 Å². The van der Waals surface area contributed by atoms with Crippen molar-refractivity contribution in [3.8, 4) is 0 Å². The third-order valence-electron chi connectivity index (χ3n) is 4.02. The molecule has 0 saturated carbocycles. The highest BCUT2D eigenvalue weighted by atomic mass is 19.4. The van der Waals surface area contributed by atoms with E-state index in [4.69, 9.17) is 0 Å². The minimum atomic E-state index is -5.91. The van der Waals surface area contributed by atoms with Gasteiger partial charge in [-0.2, -0.15) is 26.3 Å². The number of alkyl halides is 7. The fourth-order valence-corrected chi connectivity index (χ4v) is 2.48. The maximum Gasteiger partial charge on any atom is 0.431 e. The molecule has 0 saturated heterocycles. The molecule has 0 spiro atoms. The smallest absolute Gasteiger partial charge is 0.224 e. The van der Waals surface area contributed by atoms with Crippen molar-refractivity contribution in [1.29, 1.82) is 0 Å². The zero-order chi connectivity index (χ0) is 18.0. The van der Waals surface area contributed by atoms with E-state index in [1.165, 1.54) is 19.3 Å². The summed E-state index contributed by atoms with van der Waals surface area (Å²) in [4.78, 5) is 0. The van der Waals surface area contributed by atoms with Crippen LogP contribution in [-0.4, -0.2) is 18.0 Å². The molecule has 7 heteroatoms. The van der Waals surface area contributed by atoms with Gasteiger partial charge in [-0.1, -0.05) is 71.1 Å². The van der Waals surface area contributed by atoms with E-state index in [1.54, 1.807) is 0 Å². The van der Waals surface area contributed by atoms with Crippen molar-refractivity contribution < 1.29 is 30.7 Å². The van der Waals surface area contributed by atoms with Gasteiger partial charge in [-0.05, 0) is 12.8 Å². The standard InChI is InChI=1S/C16H27F7/c1-2-3-4-5-6-7-8-9-10-11-12-13-14(17,15(18,19)20)16(21,22)23/h2-13H2,1H3. The van der Waals surface area contributed by atoms with Crippen molar-refractivity contribution in [1.82, 2.24) is 0 Å². The number of hydrogen-bond donors (Lipinski definition) is 0. The van der Waals surface area contributed by atoms with E-state index in [0.29, 0.717) is 6.42 Å². The lowest BCUT2D eigenvalue weighted by Gasteiger charge is -2.29. The van der Waals surface area contributed by atoms with Crippen molar-refractivity contribution in [2.75, 3.05) is 0 Å². The van der Waals surface area contributed by atoms with Crippen LogP contribution in [0.2, 0.25) is 0 Å². The first-order chi connectivity index (χ1) is 10.6. The van der Waals surface area contributed by atoms with Gasteiger partial charge in [-0.15, -0.1) is 0 Å². The average molecular weight is 352 g/mol. The molecule has 0 nitrogen and oxygen atoms in total. The highest BCUT2D eigenvalue weighted by Gasteiger charge is 2.71. The van der Waals surface area contributed by atoms with Gasteiger partial charge in [0.1, 0.15) is 0 Å². The Hall–Kier alpha value is -0.490. The number of hydrogen-bond acceptors (Lipinski definition) is 0. The van der Waals surface area contributed by atoms with Gasteiger partial charge in [0.2, 0.25) is 0 Å². The summed E-state index contributed by atoms with van der Waals surface area (Å²) in [6, 6.07) is 0. The van der Waals surface area contributed by atoms with Crippen LogP contribution in [0.15, 0.2) is 0 Å². The Morgan fingerprint density at radius 1 is 0.478 bits per heavy atom. The fourth-order valence-electron chi connectivity index (χ4n) is 2.48. The molecule has 0 aromatic rings. The van der Waals surface area contributed by atoms with Crippen LogP contribution in [-0.2, 0) is 0 Å².